The van der Waals surface area contributed by atoms with E-state index in [0.717, 1.165) is 13.1 Å². The van der Waals surface area contributed by atoms with E-state index in [0.29, 0.717) is 6.10 Å². The Morgan fingerprint density at radius 2 is 2.70 bits per heavy atom. The lowest BCUT2D eigenvalue weighted by Crippen LogP contribution is -2.32. The summed E-state index contributed by atoms with van der Waals surface area (Å²) in [6.07, 6.45) is 0.666. The molecule has 0 aromatic carbocycles. The van der Waals surface area contributed by atoms with E-state index in [4.69, 9.17) is 4.74 Å². The number of amidine groups is 1. The third-order valence-electron chi connectivity index (χ3n) is 2.06. The van der Waals surface area contributed by atoms with Gasteiger partial charge in [0.15, 0.2) is 11.4 Å². The molecule has 2 unspecified atom stereocenters. The Hall–Kier alpha value is -0.220. The Bertz CT molecular complexity index is 206. The van der Waals surface area contributed by atoms with Gasteiger partial charge < -0.3 is 9.64 Å². The van der Waals surface area contributed by atoms with Crippen molar-refractivity contribution in [2.75, 3.05) is 18.8 Å². The third kappa shape index (κ3) is 0.632. The topological polar surface area (TPSA) is 28.1 Å². The largest absolute Gasteiger partial charge is 0.348 e. The highest BCUT2D eigenvalue weighted by molar-refractivity contribution is 8.14. The van der Waals surface area contributed by atoms with Crippen LogP contribution in [-0.4, -0.2) is 41.2 Å². The summed E-state index contributed by atoms with van der Waals surface area (Å²) in [6.45, 7) is 2.24. The highest BCUT2D eigenvalue weighted by Gasteiger charge is 2.45. The molecule has 0 saturated carbocycles. The van der Waals surface area contributed by atoms with Gasteiger partial charge in [0.25, 0.3) is 0 Å². The number of ether oxygens (including phenoxy) is 1. The maximum atomic E-state index is 5.27. The molecule has 0 radical (unpaired) electrons. The van der Waals surface area contributed by atoms with Gasteiger partial charge in [0.2, 0.25) is 0 Å². The van der Waals surface area contributed by atoms with Crippen molar-refractivity contribution >= 4 is 16.9 Å². The molecule has 4 heteroatoms. The van der Waals surface area contributed by atoms with Crippen LogP contribution in [0.15, 0.2) is 4.99 Å². The smallest absolute Gasteiger partial charge is 0.179 e. The zero-order valence-corrected chi connectivity index (χ0v) is 6.30. The van der Waals surface area contributed by atoms with Gasteiger partial charge in [-0.3, -0.25) is 0 Å². The molecule has 3 nitrogen and oxygen atoms in total. The summed E-state index contributed by atoms with van der Waals surface area (Å²) < 4.78 is 5.27. The van der Waals surface area contributed by atoms with E-state index in [2.05, 4.69) is 9.89 Å². The third-order valence-corrected chi connectivity index (χ3v) is 3.07. The first-order valence-corrected chi connectivity index (χ1v) is 4.53. The molecule has 3 aliphatic heterocycles. The lowest BCUT2D eigenvalue weighted by molar-refractivity contribution is 0.345. The monoisotopic (exact) mass is 156 g/mol. The molecule has 0 amide bonds. The average Bonchev–Trinajstić information content (AvgIpc) is 2.52. The first-order valence-electron chi connectivity index (χ1n) is 3.54. The van der Waals surface area contributed by atoms with Gasteiger partial charge in [-0.2, -0.15) is 0 Å². The molecule has 2 atom stereocenters. The molecule has 0 aromatic rings. The molecule has 0 spiro atoms. The summed E-state index contributed by atoms with van der Waals surface area (Å²) >= 11 is 1.85. The number of hydrogen-bond donors (Lipinski definition) is 0. The van der Waals surface area contributed by atoms with E-state index in [9.17, 15) is 0 Å². The fraction of sp³-hybridized carbons (Fsp3) is 0.833. The van der Waals surface area contributed by atoms with Crippen LogP contribution in [0.4, 0.5) is 0 Å². The first kappa shape index (κ1) is 5.43. The highest BCUT2D eigenvalue weighted by atomic mass is 32.2. The molecule has 0 N–H and O–H groups in total. The maximum Gasteiger partial charge on any atom is 0.179 e. The minimum absolute atomic E-state index is 0.233. The summed E-state index contributed by atoms with van der Waals surface area (Å²) in [5.41, 5.74) is 0. The number of aliphatic imine (C=N–C) groups is 1. The van der Waals surface area contributed by atoms with Gasteiger partial charge in [0.05, 0.1) is 6.54 Å². The lowest BCUT2D eigenvalue weighted by atomic mass is 10.3. The molecular weight excluding hydrogens is 148 g/mol. The Balaban J connectivity index is 1.94. The zero-order chi connectivity index (χ0) is 6.55. The summed E-state index contributed by atoms with van der Waals surface area (Å²) in [6, 6.07) is 0. The predicted molar refractivity (Wildman–Crippen MR) is 40.1 cm³/mol. The summed E-state index contributed by atoms with van der Waals surface area (Å²) in [5.74, 6) is 1.21. The van der Waals surface area contributed by atoms with Gasteiger partial charge >= 0.3 is 0 Å². The lowest BCUT2D eigenvalue weighted by Gasteiger charge is -2.18. The molecule has 0 aromatic heterocycles. The Kier molecular flexibility index (Phi) is 0.913. The Morgan fingerprint density at radius 3 is 3.70 bits per heavy atom. The van der Waals surface area contributed by atoms with Crippen molar-refractivity contribution in [3.05, 3.63) is 0 Å². The van der Waals surface area contributed by atoms with Crippen molar-refractivity contribution in [3.8, 4) is 0 Å². The van der Waals surface area contributed by atoms with Crippen LogP contribution in [0.1, 0.15) is 0 Å². The molecule has 0 aliphatic carbocycles. The van der Waals surface area contributed by atoms with Gasteiger partial charge in [0, 0.05) is 12.3 Å². The molecule has 3 aliphatic rings. The van der Waals surface area contributed by atoms with Gasteiger partial charge in [0.1, 0.15) is 6.10 Å². The number of rotatable bonds is 0. The number of hydrogen-bond acceptors (Lipinski definition) is 4. The number of fused-ring (bicyclic) bond motifs is 2. The van der Waals surface area contributed by atoms with Gasteiger partial charge in [-0.25, -0.2) is 4.99 Å². The van der Waals surface area contributed by atoms with Gasteiger partial charge in [-0.1, -0.05) is 11.8 Å². The SMILES string of the molecule is C1CN2CC3OC3N=C2S1. The molecule has 3 rings (SSSR count). The van der Waals surface area contributed by atoms with Crippen molar-refractivity contribution in [3.63, 3.8) is 0 Å². The quantitative estimate of drug-likeness (QED) is 0.467. The van der Waals surface area contributed by atoms with Crippen LogP contribution in [0.5, 0.6) is 0 Å². The molecule has 10 heavy (non-hydrogen) atoms. The highest BCUT2D eigenvalue weighted by Crippen LogP contribution is 2.33. The van der Waals surface area contributed by atoms with E-state index in [-0.39, 0.29) is 6.23 Å². The van der Waals surface area contributed by atoms with Gasteiger partial charge in [-0.05, 0) is 0 Å². The molecular formula is C6H8N2OS. The van der Waals surface area contributed by atoms with E-state index in [1.165, 1.54) is 10.9 Å². The standard InChI is InChI=1S/C6H8N2OS/c1-2-10-6-7-5-4(9-5)3-8(1)6/h4-5H,1-3H2. The second kappa shape index (κ2) is 1.68. The predicted octanol–water partition coefficient (Wildman–Crippen LogP) is 0.130. The summed E-state index contributed by atoms with van der Waals surface area (Å²) in [5, 5.41) is 1.21. The second-order valence-corrected chi connectivity index (χ2v) is 3.83. The molecule has 0 bridgehead atoms. The zero-order valence-electron chi connectivity index (χ0n) is 5.49. The molecule has 54 valence electrons. The molecule has 3 heterocycles. The minimum atomic E-state index is 0.233. The minimum Gasteiger partial charge on any atom is -0.348 e. The Labute approximate surface area is 63.4 Å². The van der Waals surface area contributed by atoms with E-state index in [1.807, 2.05) is 11.8 Å². The van der Waals surface area contributed by atoms with E-state index < -0.39 is 0 Å². The van der Waals surface area contributed by atoms with Crippen LogP contribution in [0.3, 0.4) is 0 Å². The maximum absolute atomic E-state index is 5.27. The van der Waals surface area contributed by atoms with Crippen molar-refractivity contribution < 1.29 is 4.74 Å². The normalized spacial score (nSPS) is 42.4. The van der Waals surface area contributed by atoms with Crippen LogP contribution in [0.25, 0.3) is 0 Å². The van der Waals surface area contributed by atoms with Crippen molar-refractivity contribution in [2.45, 2.75) is 12.3 Å². The van der Waals surface area contributed by atoms with E-state index in [1.54, 1.807) is 0 Å². The van der Waals surface area contributed by atoms with Crippen molar-refractivity contribution in [1.29, 1.82) is 0 Å². The molecule has 2 fully saturated rings. The number of nitrogens with zero attached hydrogens (tertiary/aromatic N) is 2. The van der Waals surface area contributed by atoms with E-state index >= 15 is 0 Å². The number of thioether (sulfide) groups is 1. The van der Waals surface area contributed by atoms with Crippen LogP contribution in [-0.2, 0) is 4.74 Å². The van der Waals surface area contributed by atoms with Crippen LogP contribution in [0, 0.1) is 0 Å². The van der Waals surface area contributed by atoms with Crippen LogP contribution in [0.2, 0.25) is 0 Å². The number of epoxide rings is 1. The van der Waals surface area contributed by atoms with Crippen molar-refractivity contribution in [1.82, 2.24) is 4.90 Å². The Morgan fingerprint density at radius 1 is 1.70 bits per heavy atom. The van der Waals surface area contributed by atoms with Crippen LogP contribution >= 0.6 is 11.8 Å². The fourth-order valence-corrected chi connectivity index (χ4v) is 2.45. The molecule has 2 saturated heterocycles. The van der Waals surface area contributed by atoms with Gasteiger partial charge in [-0.15, -0.1) is 0 Å². The van der Waals surface area contributed by atoms with Crippen LogP contribution < -0.4 is 0 Å². The fourth-order valence-electron chi connectivity index (χ4n) is 1.43. The average molecular weight is 156 g/mol. The summed E-state index contributed by atoms with van der Waals surface area (Å²) in [4.78, 5) is 6.72. The first-order chi connectivity index (χ1) is 4.93. The second-order valence-electron chi connectivity index (χ2n) is 2.77. The summed E-state index contributed by atoms with van der Waals surface area (Å²) in [7, 11) is 0. The van der Waals surface area contributed by atoms with Crippen molar-refractivity contribution in [2.24, 2.45) is 4.99 Å².